The van der Waals surface area contributed by atoms with Crippen LogP contribution < -0.4 is 10.2 Å². The number of nitrogens with one attached hydrogen (secondary N) is 1. The molecule has 1 N–H and O–H groups in total. The van der Waals surface area contributed by atoms with Gasteiger partial charge in [-0.1, -0.05) is 24.3 Å². The summed E-state index contributed by atoms with van der Waals surface area (Å²) in [7, 11) is 1.74. The Balaban J connectivity index is 2.06. The van der Waals surface area contributed by atoms with Crippen molar-refractivity contribution in [2.24, 2.45) is 0 Å². The van der Waals surface area contributed by atoms with Crippen LogP contribution in [0.25, 0.3) is 6.08 Å². The van der Waals surface area contributed by atoms with Gasteiger partial charge in [-0.25, -0.2) is 9.90 Å². The van der Waals surface area contributed by atoms with Crippen molar-refractivity contribution in [1.82, 2.24) is 5.32 Å². The Bertz CT molecular complexity index is 453. The maximum Gasteiger partial charge on any atom is 0.321 e. The van der Waals surface area contributed by atoms with Crippen molar-refractivity contribution in [2.45, 2.75) is 18.9 Å². The topological polar surface area (TPSA) is 52.2 Å². The van der Waals surface area contributed by atoms with Crippen LogP contribution in [0.5, 0.6) is 0 Å². The summed E-state index contributed by atoms with van der Waals surface area (Å²) < 4.78 is 0. The van der Waals surface area contributed by atoms with Gasteiger partial charge in [-0.2, -0.15) is 0 Å². The van der Waals surface area contributed by atoms with Gasteiger partial charge >= 0.3 is 6.03 Å². The van der Waals surface area contributed by atoms with Gasteiger partial charge in [-0.05, 0) is 30.5 Å². The molecule has 1 radical (unpaired) electrons. The quantitative estimate of drug-likeness (QED) is 0.870. The van der Waals surface area contributed by atoms with Gasteiger partial charge in [0.1, 0.15) is 6.61 Å². The first-order chi connectivity index (χ1) is 8.70. The highest BCUT2D eigenvalue weighted by molar-refractivity contribution is 5.92. The summed E-state index contributed by atoms with van der Waals surface area (Å²) in [5, 5.41) is 13.3. The van der Waals surface area contributed by atoms with E-state index in [-0.39, 0.29) is 12.6 Å². The zero-order chi connectivity index (χ0) is 13.0. The predicted octanol–water partition coefficient (Wildman–Crippen LogP) is 2.44. The van der Waals surface area contributed by atoms with Gasteiger partial charge in [0, 0.05) is 18.8 Å². The molecule has 2 rings (SSSR count). The van der Waals surface area contributed by atoms with Crippen LogP contribution >= 0.6 is 0 Å². The van der Waals surface area contributed by atoms with Crippen LogP contribution in [0.2, 0.25) is 0 Å². The number of amides is 2. The van der Waals surface area contributed by atoms with E-state index in [0.29, 0.717) is 6.04 Å². The molecule has 0 heterocycles. The molecule has 1 aromatic carbocycles. The smallest absolute Gasteiger partial charge is 0.321 e. The number of anilines is 1. The second-order valence-corrected chi connectivity index (χ2v) is 4.45. The molecule has 0 atom stereocenters. The molecule has 0 bridgehead atoms. The summed E-state index contributed by atoms with van der Waals surface area (Å²) in [6.07, 6.45) is 5.48. The van der Waals surface area contributed by atoms with E-state index in [1.54, 1.807) is 24.1 Å². The Hall–Kier alpha value is -1.81. The lowest BCUT2D eigenvalue weighted by atomic mass is 10.2. The van der Waals surface area contributed by atoms with Crippen LogP contribution in [-0.4, -0.2) is 25.7 Å². The van der Waals surface area contributed by atoms with E-state index in [1.807, 2.05) is 24.3 Å². The predicted molar refractivity (Wildman–Crippen MR) is 71.0 cm³/mol. The van der Waals surface area contributed by atoms with Crippen molar-refractivity contribution >= 4 is 17.8 Å². The number of benzene rings is 1. The Labute approximate surface area is 107 Å². The fraction of sp³-hybridized carbons (Fsp3) is 0.357. The molecule has 1 aliphatic rings. The van der Waals surface area contributed by atoms with Gasteiger partial charge in [0.2, 0.25) is 0 Å². The van der Waals surface area contributed by atoms with E-state index in [1.165, 1.54) is 0 Å². The van der Waals surface area contributed by atoms with E-state index in [4.69, 9.17) is 0 Å². The first-order valence-electron chi connectivity index (χ1n) is 6.09. The van der Waals surface area contributed by atoms with Crippen LogP contribution in [0.15, 0.2) is 30.3 Å². The van der Waals surface area contributed by atoms with Gasteiger partial charge < -0.3 is 5.32 Å². The van der Waals surface area contributed by atoms with Crippen molar-refractivity contribution in [3.8, 4) is 0 Å². The molecule has 1 saturated carbocycles. The second kappa shape index (κ2) is 5.69. The zero-order valence-electron chi connectivity index (χ0n) is 10.4. The summed E-state index contributed by atoms with van der Waals surface area (Å²) in [6, 6.07) is 7.81. The minimum Gasteiger partial charge on any atom is -0.335 e. The summed E-state index contributed by atoms with van der Waals surface area (Å²) in [4.78, 5) is 13.5. The van der Waals surface area contributed by atoms with Crippen molar-refractivity contribution in [3.05, 3.63) is 35.9 Å². The third-order valence-corrected chi connectivity index (χ3v) is 2.87. The van der Waals surface area contributed by atoms with Gasteiger partial charge in [-0.3, -0.25) is 4.90 Å². The van der Waals surface area contributed by atoms with Crippen molar-refractivity contribution in [3.63, 3.8) is 0 Å². The van der Waals surface area contributed by atoms with E-state index in [0.717, 1.165) is 24.1 Å². The van der Waals surface area contributed by atoms with Crippen LogP contribution in [0.1, 0.15) is 18.4 Å². The lowest BCUT2D eigenvalue weighted by Gasteiger charge is -2.18. The van der Waals surface area contributed by atoms with E-state index in [2.05, 4.69) is 5.32 Å². The molecule has 95 valence electrons. The highest BCUT2D eigenvalue weighted by Crippen LogP contribution is 2.21. The van der Waals surface area contributed by atoms with Crippen molar-refractivity contribution in [2.75, 3.05) is 18.6 Å². The van der Waals surface area contributed by atoms with E-state index in [9.17, 15) is 9.90 Å². The van der Waals surface area contributed by atoms with Crippen LogP contribution in [-0.2, 0) is 5.11 Å². The number of carbonyl (C=O) groups is 1. The lowest BCUT2D eigenvalue weighted by molar-refractivity contribution is 0.233. The number of rotatable bonds is 4. The van der Waals surface area contributed by atoms with Gasteiger partial charge in [0.25, 0.3) is 0 Å². The number of urea groups is 1. The molecular formula is C14H17N2O2. The minimum absolute atomic E-state index is 0.0811. The molecule has 2 amide bonds. The summed E-state index contributed by atoms with van der Waals surface area (Å²) in [6.45, 7) is -0.234. The third kappa shape index (κ3) is 3.34. The largest absolute Gasteiger partial charge is 0.335 e. The standard InChI is InChI=1S/C14H17N2O2/c1-16(14(18)15-12-7-8-12)13-6-2-4-11(10-13)5-3-9-17/h2-6,10,12H,7-9H2,1H3,(H,15,18). The average Bonchev–Trinajstić information content (AvgIpc) is 3.19. The fourth-order valence-corrected chi connectivity index (χ4v) is 1.64. The minimum atomic E-state index is -0.234. The van der Waals surface area contributed by atoms with E-state index >= 15 is 0 Å². The Morgan fingerprint density at radius 3 is 2.94 bits per heavy atom. The summed E-state index contributed by atoms with van der Waals surface area (Å²) in [5.41, 5.74) is 1.75. The highest BCUT2D eigenvalue weighted by Gasteiger charge is 2.25. The number of carbonyl (C=O) groups excluding carboxylic acids is 1. The van der Waals surface area contributed by atoms with Gasteiger partial charge in [0.15, 0.2) is 0 Å². The molecule has 1 fully saturated rings. The fourth-order valence-electron chi connectivity index (χ4n) is 1.64. The molecule has 4 heteroatoms. The molecule has 0 spiro atoms. The molecule has 0 unspecified atom stereocenters. The average molecular weight is 245 g/mol. The Morgan fingerprint density at radius 1 is 1.50 bits per heavy atom. The lowest BCUT2D eigenvalue weighted by Crippen LogP contribution is -2.38. The van der Waals surface area contributed by atoms with Crippen LogP contribution in [0.4, 0.5) is 10.5 Å². The second-order valence-electron chi connectivity index (χ2n) is 4.45. The van der Waals surface area contributed by atoms with Gasteiger partial charge in [0.05, 0.1) is 0 Å². The monoisotopic (exact) mass is 245 g/mol. The normalized spacial score (nSPS) is 14.8. The van der Waals surface area contributed by atoms with Crippen LogP contribution in [0.3, 0.4) is 0 Å². The molecule has 1 aromatic rings. The SMILES string of the molecule is CN(C(=O)NC1CC1)c1cccc(C=CC[O])c1. The number of nitrogens with zero attached hydrogens (tertiary/aromatic N) is 1. The first kappa shape index (κ1) is 12.6. The van der Waals surface area contributed by atoms with Crippen molar-refractivity contribution in [1.29, 1.82) is 0 Å². The molecule has 0 saturated heterocycles. The Morgan fingerprint density at radius 2 is 2.28 bits per heavy atom. The number of hydrogen-bond donors (Lipinski definition) is 1. The zero-order valence-corrected chi connectivity index (χ0v) is 10.4. The maximum atomic E-state index is 11.9. The molecule has 0 aliphatic heterocycles. The molecular weight excluding hydrogens is 228 g/mol. The van der Waals surface area contributed by atoms with Crippen molar-refractivity contribution < 1.29 is 9.90 Å². The van der Waals surface area contributed by atoms with Gasteiger partial charge in [-0.15, -0.1) is 0 Å². The molecule has 0 aromatic heterocycles. The maximum absolute atomic E-state index is 11.9. The molecule has 18 heavy (non-hydrogen) atoms. The van der Waals surface area contributed by atoms with Crippen LogP contribution in [0, 0.1) is 0 Å². The van der Waals surface area contributed by atoms with E-state index < -0.39 is 0 Å². The highest BCUT2D eigenvalue weighted by atomic mass is 16.2. The first-order valence-corrected chi connectivity index (χ1v) is 6.09. The Kier molecular flexibility index (Phi) is 3.99. The summed E-state index contributed by atoms with van der Waals surface area (Å²) >= 11 is 0. The molecule has 1 aliphatic carbocycles. The molecule has 4 nitrogen and oxygen atoms in total. The summed E-state index contributed by atoms with van der Waals surface area (Å²) in [5.74, 6) is 0. The number of hydrogen-bond acceptors (Lipinski definition) is 1. The third-order valence-electron chi connectivity index (χ3n) is 2.87.